The molecule has 3 aromatic rings. The van der Waals surface area contributed by atoms with E-state index in [9.17, 15) is 18.0 Å². The predicted molar refractivity (Wildman–Crippen MR) is 116 cm³/mol. The SMILES string of the molecule is CCOc1nn(-c2ccc(C(F)(F)F)cn2)cc1CCCOc1cccc(OC)c1CC(=O)O. The van der Waals surface area contributed by atoms with Gasteiger partial charge in [0.2, 0.25) is 5.88 Å². The minimum absolute atomic E-state index is 0.228. The third kappa shape index (κ3) is 6.18. The van der Waals surface area contributed by atoms with Gasteiger partial charge in [-0.25, -0.2) is 9.67 Å². The lowest BCUT2D eigenvalue weighted by Crippen LogP contribution is -2.07. The molecule has 0 atom stereocenters. The smallest absolute Gasteiger partial charge is 0.417 e. The van der Waals surface area contributed by atoms with Gasteiger partial charge < -0.3 is 19.3 Å². The Labute approximate surface area is 193 Å². The molecule has 3 rings (SSSR count). The van der Waals surface area contributed by atoms with Gasteiger partial charge in [-0.1, -0.05) is 6.07 Å². The van der Waals surface area contributed by atoms with Crippen molar-refractivity contribution in [2.45, 2.75) is 32.4 Å². The lowest BCUT2D eigenvalue weighted by Gasteiger charge is -2.13. The van der Waals surface area contributed by atoms with Crippen LogP contribution in [0.1, 0.15) is 30.0 Å². The second-order valence-corrected chi connectivity index (χ2v) is 7.20. The summed E-state index contributed by atoms with van der Waals surface area (Å²) in [6.45, 7) is 2.45. The first-order chi connectivity index (χ1) is 16.2. The van der Waals surface area contributed by atoms with Crippen LogP contribution < -0.4 is 14.2 Å². The number of alkyl halides is 3. The van der Waals surface area contributed by atoms with Crippen LogP contribution in [0.2, 0.25) is 0 Å². The number of aliphatic carboxylic acids is 1. The van der Waals surface area contributed by atoms with E-state index in [0.29, 0.717) is 42.4 Å². The number of pyridine rings is 1. The van der Waals surface area contributed by atoms with Crippen LogP contribution in [0.25, 0.3) is 5.82 Å². The molecule has 11 heteroatoms. The van der Waals surface area contributed by atoms with Gasteiger partial charge in [-0.05, 0) is 44.0 Å². The number of hydrogen-bond acceptors (Lipinski definition) is 6. The molecule has 0 fully saturated rings. The Bertz CT molecular complexity index is 1110. The van der Waals surface area contributed by atoms with Gasteiger partial charge in [0, 0.05) is 23.5 Å². The highest BCUT2D eigenvalue weighted by Gasteiger charge is 2.30. The number of carboxylic acid groups (broad SMARTS) is 1. The summed E-state index contributed by atoms with van der Waals surface area (Å²) in [4.78, 5) is 15.1. The van der Waals surface area contributed by atoms with Crippen molar-refractivity contribution in [2.24, 2.45) is 0 Å². The van der Waals surface area contributed by atoms with Crippen molar-refractivity contribution in [1.82, 2.24) is 14.8 Å². The molecular weight excluding hydrogens is 455 g/mol. The van der Waals surface area contributed by atoms with Crippen molar-refractivity contribution in [2.75, 3.05) is 20.3 Å². The minimum atomic E-state index is -4.47. The zero-order valence-corrected chi connectivity index (χ0v) is 18.6. The van der Waals surface area contributed by atoms with Gasteiger partial charge in [0.1, 0.15) is 11.5 Å². The number of methoxy groups -OCH3 is 1. The molecule has 182 valence electrons. The fraction of sp³-hybridized carbons (Fsp3) is 0.348. The van der Waals surface area contributed by atoms with Crippen LogP contribution in [0.15, 0.2) is 42.7 Å². The van der Waals surface area contributed by atoms with Crippen LogP contribution >= 0.6 is 0 Å². The molecule has 34 heavy (non-hydrogen) atoms. The standard InChI is InChI=1S/C23H24F3N3O5/c1-3-33-22-15(14-29(28-22)20-10-9-16(13-27-20)23(24,25)26)6-5-11-34-19-8-4-7-18(32-2)17(19)12-21(30)31/h4,7-10,13-14H,3,5-6,11-12H2,1-2H3,(H,30,31). The van der Waals surface area contributed by atoms with Crippen molar-refractivity contribution < 1.29 is 37.3 Å². The van der Waals surface area contributed by atoms with Gasteiger partial charge >= 0.3 is 12.1 Å². The highest BCUT2D eigenvalue weighted by atomic mass is 19.4. The number of carboxylic acids is 1. The van der Waals surface area contributed by atoms with Crippen LogP contribution in [-0.2, 0) is 23.8 Å². The lowest BCUT2D eigenvalue weighted by molar-refractivity contribution is -0.138. The molecule has 2 aromatic heterocycles. The quantitative estimate of drug-likeness (QED) is 0.409. The number of benzene rings is 1. The second-order valence-electron chi connectivity index (χ2n) is 7.20. The van der Waals surface area contributed by atoms with Gasteiger partial charge in [-0.3, -0.25) is 4.79 Å². The van der Waals surface area contributed by atoms with Crippen molar-refractivity contribution in [1.29, 1.82) is 0 Å². The zero-order chi connectivity index (χ0) is 24.7. The summed E-state index contributed by atoms with van der Waals surface area (Å²) in [5.41, 5.74) is 0.350. The largest absolute Gasteiger partial charge is 0.496 e. The minimum Gasteiger partial charge on any atom is -0.496 e. The van der Waals surface area contributed by atoms with E-state index in [1.807, 2.05) is 0 Å². The molecule has 0 saturated carbocycles. The molecule has 0 radical (unpaired) electrons. The molecule has 0 aliphatic rings. The van der Waals surface area contributed by atoms with Crippen LogP contribution in [0.5, 0.6) is 17.4 Å². The number of ether oxygens (including phenoxy) is 3. The Morgan fingerprint density at radius 3 is 2.53 bits per heavy atom. The topological polar surface area (TPSA) is 95.7 Å². The molecule has 0 spiro atoms. The van der Waals surface area contributed by atoms with Gasteiger partial charge in [-0.2, -0.15) is 13.2 Å². The first kappa shape index (κ1) is 24.9. The van der Waals surface area contributed by atoms with Gasteiger partial charge in [0.05, 0.1) is 32.3 Å². The number of aryl methyl sites for hydroxylation is 1. The average Bonchev–Trinajstić information content (AvgIpc) is 3.19. The van der Waals surface area contributed by atoms with E-state index in [1.165, 1.54) is 17.9 Å². The molecule has 0 aliphatic carbocycles. The highest BCUT2D eigenvalue weighted by Crippen LogP contribution is 2.30. The number of carbonyl (C=O) groups is 1. The first-order valence-corrected chi connectivity index (χ1v) is 10.5. The Kier molecular flexibility index (Phi) is 7.98. The maximum absolute atomic E-state index is 12.8. The molecular formula is C23H24F3N3O5. The molecule has 0 bridgehead atoms. The third-order valence-corrected chi connectivity index (χ3v) is 4.83. The second kappa shape index (κ2) is 10.9. The number of halogens is 3. The Hall–Kier alpha value is -3.76. The summed E-state index contributed by atoms with van der Waals surface area (Å²) in [6.07, 6.45) is -1.23. The van der Waals surface area contributed by atoms with Crippen molar-refractivity contribution in [3.8, 4) is 23.2 Å². The van der Waals surface area contributed by atoms with Crippen LogP contribution in [0, 0.1) is 0 Å². The molecule has 8 nitrogen and oxygen atoms in total. The normalized spacial score (nSPS) is 11.3. The van der Waals surface area contributed by atoms with Gasteiger partial charge in [0.15, 0.2) is 5.82 Å². The summed E-state index contributed by atoms with van der Waals surface area (Å²) < 4.78 is 56.3. The molecule has 2 heterocycles. The maximum atomic E-state index is 12.8. The lowest BCUT2D eigenvalue weighted by atomic mass is 10.1. The molecule has 0 aliphatic heterocycles. The summed E-state index contributed by atoms with van der Waals surface area (Å²) >= 11 is 0. The van der Waals surface area contributed by atoms with Crippen molar-refractivity contribution in [3.63, 3.8) is 0 Å². The van der Waals surface area contributed by atoms with Crippen LogP contribution in [-0.4, -0.2) is 46.2 Å². The van der Waals surface area contributed by atoms with E-state index in [1.54, 1.807) is 31.3 Å². The monoisotopic (exact) mass is 479 g/mol. The summed E-state index contributed by atoms with van der Waals surface area (Å²) in [6, 6.07) is 7.25. The Morgan fingerprint density at radius 2 is 1.91 bits per heavy atom. The molecule has 0 amide bonds. The van der Waals surface area contributed by atoms with Gasteiger partial charge in [-0.15, -0.1) is 5.10 Å². The first-order valence-electron chi connectivity index (χ1n) is 10.5. The van der Waals surface area contributed by atoms with Crippen LogP contribution in [0.4, 0.5) is 13.2 Å². The Balaban J connectivity index is 1.69. The summed E-state index contributed by atoms with van der Waals surface area (Å²) in [7, 11) is 1.46. The number of aromatic nitrogens is 3. The third-order valence-electron chi connectivity index (χ3n) is 4.83. The van der Waals surface area contributed by atoms with E-state index < -0.39 is 17.7 Å². The van der Waals surface area contributed by atoms with E-state index in [4.69, 9.17) is 19.3 Å². The van der Waals surface area contributed by atoms with E-state index >= 15 is 0 Å². The fourth-order valence-electron chi connectivity index (χ4n) is 3.27. The van der Waals surface area contributed by atoms with Crippen LogP contribution in [0.3, 0.4) is 0 Å². The Morgan fingerprint density at radius 1 is 1.15 bits per heavy atom. The average molecular weight is 479 g/mol. The number of hydrogen-bond donors (Lipinski definition) is 1. The summed E-state index contributed by atoms with van der Waals surface area (Å²) in [5, 5.41) is 13.5. The zero-order valence-electron chi connectivity index (χ0n) is 18.6. The van der Waals surface area contributed by atoms with E-state index in [2.05, 4.69) is 10.1 Å². The highest BCUT2D eigenvalue weighted by molar-refractivity contribution is 5.72. The fourth-order valence-corrected chi connectivity index (χ4v) is 3.27. The molecule has 0 unspecified atom stereocenters. The van der Waals surface area contributed by atoms with Gasteiger partial charge in [0.25, 0.3) is 0 Å². The maximum Gasteiger partial charge on any atom is 0.417 e. The number of nitrogens with zero attached hydrogens (tertiary/aromatic N) is 3. The van der Waals surface area contributed by atoms with Crippen molar-refractivity contribution in [3.05, 3.63) is 59.4 Å². The van der Waals surface area contributed by atoms with E-state index in [-0.39, 0.29) is 18.8 Å². The molecule has 1 N–H and O–H groups in total. The predicted octanol–water partition coefficient (Wildman–Crippen LogP) is 4.33. The molecule has 0 saturated heterocycles. The summed E-state index contributed by atoms with van der Waals surface area (Å²) in [5.74, 6) is 0.448. The van der Waals surface area contributed by atoms with E-state index in [0.717, 1.165) is 17.8 Å². The number of rotatable bonds is 11. The van der Waals surface area contributed by atoms with Crippen molar-refractivity contribution >= 4 is 5.97 Å². The molecule has 1 aromatic carbocycles.